The number of hydrogen-bond donors (Lipinski definition) is 2. The van der Waals surface area contributed by atoms with Crippen LogP contribution in [-0.2, 0) is 4.74 Å². The topological polar surface area (TPSA) is 119 Å². The van der Waals surface area contributed by atoms with E-state index in [0.29, 0.717) is 0 Å². The van der Waals surface area contributed by atoms with Gasteiger partial charge in [-0.1, -0.05) is 48.5 Å². The van der Waals surface area contributed by atoms with Crippen molar-refractivity contribution in [3.8, 4) is 11.1 Å². The number of benzene rings is 3. The molecule has 0 aromatic heterocycles. The smallest absolute Gasteiger partial charge is 0.411 e. The van der Waals surface area contributed by atoms with E-state index in [9.17, 15) is 24.8 Å². The van der Waals surface area contributed by atoms with Gasteiger partial charge in [-0.3, -0.25) is 15.4 Å². The number of carbonyl (C=O) groups excluding carboxylic acids is 1. The summed E-state index contributed by atoms with van der Waals surface area (Å²) in [7, 11) is 0. The fourth-order valence-electron chi connectivity index (χ4n) is 3.68. The zero-order chi connectivity index (χ0) is 21.3. The summed E-state index contributed by atoms with van der Waals surface area (Å²) in [6.07, 6.45) is -0.840. The van der Waals surface area contributed by atoms with Gasteiger partial charge in [0.1, 0.15) is 6.61 Å². The van der Waals surface area contributed by atoms with Gasteiger partial charge < -0.3 is 9.84 Å². The van der Waals surface area contributed by atoms with E-state index in [-0.39, 0.29) is 23.9 Å². The van der Waals surface area contributed by atoms with E-state index < -0.39 is 22.5 Å². The number of rotatable bonds is 5. The average Bonchev–Trinajstić information content (AvgIpc) is 3.06. The third-order valence-corrected chi connectivity index (χ3v) is 5.02. The standard InChI is InChI=1S/C22H16N2O6/c25-21(26)18-11-13(24(28)29)9-10-20(18)23-22(27)30-12-19-16-7-3-1-5-14(16)15-6-2-4-8-17(15)19/h1-11,19H,12H2,(H,23,27)(H,25,26). The summed E-state index contributed by atoms with van der Waals surface area (Å²) in [6, 6.07) is 18.9. The van der Waals surface area contributed by atoms with E-state index in [2.05, 4.69) is 5.32 Å². The molecule has 8 nitrogen and oxygen atoms in total. The van der Waals surface area contributed by atoms with Crippen molar-refractivity contribution in [1.82, 2.24) is 0 Å². The highest BCUT2D eigenvalue weighted by atomic mass is 16.6. The molecule has 30 heavy (non-hydrogen) atoms. The predicted molar refractivity (Wildman–Crippen MR) is 109 cm³/mol. The largest absolute Gasteiger partial charge is 0.478 e. The molecule has 3 aromatic rings. The zero-order valence-electron chi connectivity index (χ0n) is 15.6. The number of nitrogens with one attached hydrogen (secondary N) is 1. The Bertz CT molecular complexity index is 1130. The minimum absolute atomic E-state index is 0.0647. The molecule has 8 heteroatoms. The van der Waals surface area contributed by atoms with Crippen LogP contribution in [0, 0.1) is 10.1 Å². The highest BCUT2D eigenvalue weighted by Gasteiger charge is 2.29. The summed E-state index contributed by atoms with van der Waals surface area (Å²) < 4.78 is 5.38. The minimum Gasteiger partial charge on any atom is -0.478 e. The van der Waals surface area contributed by atoms with E-state index in [0.717, 1.165) is 34.4 Å². The summed E-state index contributed by atoms with van der Waals surface area (Å²) in [6.45, 7) is 0.0647. The Balaban J connectivity index is 1.51. The van der Waals surface area contributed by atoms with Crippen molar-refractivity contribution in [2.24, 2.45) is 0 Å². The molecule has 0 atom stereocenters. The molecule has 0 saturated heterocycles. The molecule has 2 N–H and O–H groups in total. The molecular formula is C22H16N2O6. The first-order chi connectivity index (χ1) is 14.5. The Hall–Kier alpha value is -4.20. The second kappa shape index (κ2) is 7.67. The Kier molecular flexibility index (Phi) is 4.89. The quantitative estimate of drug-likeness (QED) is 0.472. The number of nitro benzene ring substituents is 1. The Morgan fingerprint density at radius 1 is 1.00 bits per heavy atom. The van der Waals surface area contributed by atoms with Crippen LogP contribution in [0.25, 0.3) is 11.1 Å². The number of carboxylic acids is 1. The number of nitro groups is 1. The highest BCUT2D eigenvalue weighted by Crippen LogP contribution is 2.44. The molecule has 0 aliphatic heterocycles. The van der Waals surface area contributed by atoms with Crippen LogP contribution in [0.15, 0.2) is 66.7 Å². The highest BCUT2D eigenvalue weighted by molar-refractivity contribution is 5.99. The van der Waals surface area contributed by atoms with Crippen molar-refractivity contribution >= 4 is 23.4 Å². The maximum atomic E-state index is 12.3. The van der Waals surface area contributed by atoms with Crippen LogP contribution >= 0.6 is 0 Å². The lowest BCUT2D eigenvalue weighted by Crippen LogP contribution is -2.19. The number of ether oxygens (including phenoxy) is 1. The lowest BCUT2D eigenvalue weighted by atomic mass is 9.98. The molecule has 0 spiro atoms. The molecule has 3 aromatic carbocycles. The number of aromatic carboxylic acids is 1. The van der Waals surface area contributed by atoms with Crippen molar-refractivity contribution in [3.05, 3.63) is 93.5 Å². The number of non-ortho nitro benzene ring substituents is 1. The van der Waals surface area contributed by atoms with E-state index in [4.69, 9.17) is 4.74 Å². The SMILES string of the molecule is O=C(Nc1ccc([N+](=O)[O-])cc1C(=O)O)OCC1c2ccccc2-c2ccccc21. The lowest BCUT2D eigenvalue weighted by molar-refractivity contribution is -0.384. The number of anilines is 1. The van der Waals surface area contributed by atoms with Crippen LogP contribution in [0.3, 0.4) is 0 Å². The first-order valence-electron chi connectivity index (χ1n) is 9.09. The molecular weight excluding hydrogens is 388 g/mol. The van der Waals surface area contributed by atoms with Crippen molar-refractivity contribution in [2.75, 3.05) is 11.9 Å². The Labute approximate surface area is 170 Å². The maximum absolute atomic E-state index is 12.3. The minimum atomic E-state index is -1.40. The fraction of sp³-hybridized carbons (Fsp3) is 0.0909. The van der Waals surface area contributed by atoms with Gasteiger partial charge in [0, 0.05) is 18.1 Å². The number of carboxylic acid groups (broad SMARTS) is 1. The molecule has 150 valence electrons. The van der Waals surface area contributed by atoms with Crippen molar-refractivity contribution < 1.29 is 24.4 Å². The summed E-state index contributed by atoms with van der Waals surface area (Å²) >= 11 is 0. The molecule has 0 heterocycles. The van der Waals surface area contributed by atoms with Gasteiger partial charge in [-0.2, -0.15) is 0 Å². The van der Waals surface area contributed by atoms with Crippen LogP contribution in [0.4, 0.5) is 16.2 Å². The number of fused-ring (bicyclic) bond motifs is 3. The van der Waals surface area contributed by atoms with Crippen molar-refractivity contribution in [2.45, 2.75) is 5.92 Å². The van der Waals surface area contributed by atoms with Gasteiger partial charge in [0.15, 0.2) is 0 Å². The molecule has 0 bridgehead atoms. The molecule has 1 aliphatic carbocycles. The fourth-order valence-corrected chi connectivity index (χ4v) is 3.68. The van der Waals surface area contributed by atoms with Crippen LogP contribution in [0.5, 0.6) is 0 Å². The van der Waals surface area contributed by atoms with E-state index >= 15 is 0 Å². The number of hydrogen-bond acceptors (Lipinski definition) is 5. The first kappa shape index (κ1) is 19.1. The molecule has 0 saturated carbocycles. The molecule has 0 unspecified atom stereocenters. The summed E-state index contributed by atoms with van der Waals surface area (Å²) in [4.78, 5) is 33.9. The summed E-state index contributed by atoms with van der Waals surface area (Å²) in [5.41, 5.74) is 3.42. The lowest BCUT2D eigenvalue weighted by Gasteiger charge is -2.15. The normalized spacial score (nSPS) is 12.0. The second-order valence-electron chi connectivity index (χ2n) is 6.74. The van der Waals surface area contributed by atoms with Gasteiger partial charge in [0.2, 0.25) is 0 Å². The number of amides is 1. The molecule has 1 aliphatic rings. The molecule has 4 rings (SSSR count). The summed E-state index contributed by atoms with van der Waals surface area (Å²) in [5.74, 6) is -1.54. The van der Waals surface area contributed by atoms with Crippen LogP contribution in [-0.4, -0.2) is 28.7 Å². The predicted octanol–water partition coefficient (Wildman–Crippen LogP) is 4.65. The van der Waals surface area contributed by atoms with Gasteiger partial charge in [-0.05, 0) is 28.3 Å². The second-order valence-corrected chi connectivity index (χ2v) is 6.74. The molecule has 0 radical (unpaired) electrons. The summed E-state index contributed by atoms with van der Waals surface area (Å²) in [5, 5.41) is 22.5. The number of carbonyl (C=O) groups is 2. The maximum Gasteiger partial charge on any atom is 0.411 e. The van der Waals surface area contributed by atoms with E-state index in [1.54, 1.807) is 0 Å². The average molecular weight is 404 g/mol. The monoisotopic (exact) mass is 404 g/mol. The van der Waals surface area contributed by atoms with Crippen LogP contribution < -0.4 is 5.32 Å². The van der Waals surface area contributed by atoms with Crippen LogP contribution in [0.2, 0.25) is 0 Å². The third kappa shape index (κ3) is 3.46. The first-order valence-corrected chi connectivity index (χ1v) is 9.09. The molecule has 0 fully saturated rings. The zero-order valence-corrected chi connectivity index (χ0v) is 15.6. The van der Waals surface area contributed by atoms with Gasteiger partial charge >= 0.3 is 12.1 Å². The van der Waals surface area contributed by atoms with Crippen molar-refractivity contribution in [3.63, 3.8) is 0 Å². The van der Waals surface area contributed by atoms with Crippen molar-refractivity contribution in [1.29, 1.82) is 0 Å². The van der Waals surface area contributed by atoms with E-state index in [1.165, 1.54) is 6.07 Å². The van der Waals surface area contributed by atoms with E-state index in [1.807, 2.05) is 48.5 Å². The van der Waals surface area contributed by atoms with Gasteiger partial charge in [0.05, 0.1) is 16.2 Å². The van der Waals surface area contributed by atoms with Gasteiger partial charge in [-0.15, -0.1) is 0 Å². The van der Waals surface area contributed by atoms with Crippen LogP contribution in [0.1, 0.15) is 27.4 Å². The van der Waals surface area contributed by atoms with Gasteiger partial charge in [0.25, 0.3) is 5.69 Å². The Morgan fingerprint density at radius 2 is 1.60 bits per heavy atom. The molecule has 1 amide bonds. The van der Waals surface area contributed by atoms with Gasteiger partial charge in [-0.25, -0.2) is 9.59 Å². The Morgan fingerprint density at radius 3 is 2.17 bits per heavy atom. The third-order valence-electron chi connectivity index (χ3n) is 5.02. The number of nitrogens with zero attached hydrogens (tertiary/aromatic N) is 1.